The van der Waals surface area contributed by atoms with E-state index < -0.39 is 6.03 Å². The van der Waals surface area contributed by atoms with Gasteiger partial charge in [-0.2, -0.15) is 4.57 Å². The number of rotatable bonds is 5. The number of urea groups is 1. The number of hydrogen-bond donors (Lipinski definition) is 2. The van der Waals surface area contributed by atoms with Gasteiger partial charge in [-0.05, 0) is 24.6 Å². The van der Waals surface area contributed by atoms with Crippen molar-refractivity contribution < 1.29 is 18.6 Å². The van der Waals surface area contributed by atoms with Gasteiger partial charge >= 0.3 is 6.03 Å². The van der Waals surface area contributed by atoms with Gasteiger partial charge in [-0.1, -0.05) is 6.92 Å². The van der Waals surface area contributed by atoms with Crippen molar-refractivity contribution in [2.24, 2.45) is 0 Å². The standard InChI is InChI=1S/C16H19N3O3/c1-3-13-7-6-12(2)19(10-13)11-15(20)18-16(21)17-9-14-5-4-8-22-14/h4-8,10H,3,9,11H2,1-2H3,(H-,17,18,20,21)/p+1. The highest BCUT2D eigenvalue weighted by molar-refractivity contribution is 5.93. The van der Waals surface area contributed by atoms with Crippen LogP contribution in [0.4, 0.5) is 4.79 Å². The average molecular weight is 302 g/mol. The van der Waals surface area contributed by atoms with Crippen molar-refractivity contribution in [3.63, 3.8) is 0 Å². The number of carbonyl (C=O) groups excluding carboxylic acids is 2. The molecule has 2 aromatic heterocycles. The lowest BCUT2D eigenvalue weighted by Crippen LogP contribution is -2.48. The number of carbonyl (C=O) groups is 2. The first-order chi connectivity index (χ1) is 10.6. The van der Waals surface area contributed by atoms with Gasteiger partial charge in [-0.25, -0.2) is 4.79 Å². The quantitative estimate of drug-likeness (QED) is 0.821. The smallest absolute Gasteiger partial charge is 0.322 e. The number of aromatic nitrogens is 1. The lowest BCUT2D eigenvalue weighted by molar-refractivity contribution is -0.690. The van der Waals surface area contributed by atoms with Gasteiger partial charge in [0.25, 0.3) is 5.91 Å². The zero-order chi connectivity index (χ0) is 15.9. The van der Waals surface area contributed by atoms with Gasteiger partial charge in [0.15, 0.2) is 11.9 Å². The van der Waals surface area contributed by atoms with Crippen LogP contribution in [-0.4, -0.2) is 11.9 Å². The molecule has 0 fully saturated rings. The van der Waals surface area contributed by atoms with E-state index in [1.54, 1.807) is 12.1 Å². The second kappa shape index (κ2) is 7.40. The predicted octanol–water partition coefficient (Wildman–Crippen LogP) is 1.46. The Morgan fingerprint density at radius 1 is 1.27 bits per heavy atom. The highest BCUT2D eigenvalue weighted by Crippen LogP contribution is 1.99. The first-order valence-corrected chi connectivity index (χ1v) is 7.17. The van der Waals surface area contributed by atoms with E-state index in [0.29, 0.717) is 5.76 Å². The van der Waals surface area contributed by atoms with Crippen molar-refractivity contribution in [1.82, 2.24) is 10.6 Å². The molecule has 2 N–H and O–H groups in total. The highest BCUT2D eigenvalue weighted by Gasteiger charge is 2.15. The molecule has 0 bridgehead atoms. The molecule has 116 valence electrons. The number of imide groups is 1. The SMILES string of the molecule is CCc1ccc(C)[n+](CC(=O)NC(=O)NCc2ccco2)c1. The zero-order valence-electron chi connectivity index (χ0n) is 12.8. The zero-order valence-corrected chi connectivity index (χ0v) is 12.8. The minimum absolute atomic E-state index is 0.105. The molecule has 0 saturated carbocycles. The Hall–Kier alpha value is -2.63. The number of hydrogen-bond acceptors (Lipinski definition) is 3. The fraction of sp³-hybridized carbons (Fsp3) is 0.312. The molecule has 0 spiro atoms. The minimum Gasteiger partial charge on any atom is -0.467 e. The van der Waals surface area contributed by atoms with E-state index in [9.17, 15) is 9.59 Å². The van der Waals surface area contributed by atoms with Crippen LogP contribution in [0.5, 0.6) is 0 Å². The molecule has 6 nitrogen and oxygen atoms in total. The number of aryl methyl sites for hydroxylation is 2. The number of nitrogens with zero attached hydrogens (tertiary/aromatic N) is 1. The van der Waals surface area contributed by atoms with Crippen LogP contribution in [0.2, 0.25) is 0 Å². The summed E-state index contributed by atoms with van der Waals surface area (Å²) >= 11 is 0. The molecular weight excluding hydrogens is 282 g/mol. The number of nitrogens with one attached hydrogen (secondary N) is 2. The molecule has 0 saturated heterocycles. The van der Waals surface area contributed by atoms with Crippen LogP contribution in [0.1, 0.15) is 23.9 Å². The van der Waals surface area contributed by atoms with E-state index in [0.717, 1.165) is 17.7 Å². The highest BCUT2D eigenvalue weighted by atomic mass is 16.3. The first-order valence-electron chi connectivity index (χ1n) is 7.17. The van der Waals surface area contributed by atoms with Gasteiger partial charge in [-0.15, -0.1) is 0 Å². The lowest BCUT2D eigenvalue weighted by Gasteiger charge is -2.05. The molecule has 2 rings (SSSR count). The summed E-state index contributed by atoms with van der Waals surface area (Å²) in [5.74, 6) is 0.266. The maximum atomic E-state index is 11.9. The van der Waals surface area contributed by atoms with Crippen molar-refractivity contribution in [1.29, 1.82) is 0 Å². The van der Waals surface area contributed by atoms with Crippen molar-refractivity contribution in [2.75, 3.05) is 0 Å². The molecule has 0 aromatic carbocycles. The maximum absolute atomic E-state index is 11.9. The summed E-state index contributed by atoms with van der Waals surface area (Å²) in [5.41, 5.74) is 2.10. The molecule has 0 aliphatic heterocycles. The molecule has 0 aliphatic carbocycles. The molecule has 2 aromatic rings. The van der Waals surface area contributed by atoms with E-state index in [1.807, 2.05) is 29.8 Å². The van der Waals surface area contributed by atoms with Crippen LogP contribution in [0, 0.1) is 6.92 Å². The van der Waals surface area contributed by atoms with E-state index in [2.05, 4.69) is 17.6 Å². The van der Waals surface area contributed by atoms with Crippen LogP contribution >= 0.6 is 0 Å². The van der Waals surface area contributed by atoms with E-state index >= 15 is 0 Å². The molecule has 22 heavy (non-hydrogen) atoms. The summed E-state index contributed by atoms with van der Waals surface area (Å²) in [6, 6.07) is 6.94. The van der Waals surface area contributed by atoms with Crippen LogP contribution in [0.15, 0.2) is 41.1 Å². The summed E-state index contributed by atoms with van der Waals surface area (Å²) < 4.78 is 6.92. The van der Waals surface area contributed by atoms with Crippen LogP contribution in [-0.2, 0) is 24.3 Å². The Labute approximate surface area is 129 Å². The van der Waals surface area contributed by atoms with Gasteiger partial charge in [0.2, 0.25) is 6.54 Å². The lowest BCUT2D eigenvalue weighted by atomic mass is 10.2. The minimum atomic E-state index is -0.536. The molecular formula is C16H20N3O3+. The molecule has 0 aliphatic rings. The fourth-order valence-electron chi connectivity index (χ4n) is 1.99. The van der Waals surface area contributed by atoms with Gasteiger partial charge in [0.1, 0.15) is 5.76 Å². The third-order valence-corrected chi connectivity index (χ3v) is 3.29. The van der Waals surface area contributed by atoms with E-state index in [1.165, 1.54) is 6.26 Å². The number of pyridine rings is 1. The number of amides is 3. The largest absolute Gasteiger partial charge is 0.467 e. The summed E-state index contributed by atoms with van der Waals surface area (Å²) in [6.45, 7) is 4.32. The van der Waals surface area contributed by atoms with Crippen molar-refractivity contribution in [2.45, 2.75) is 33.4 Å². The molecule has 3 amide bonds. The first kappa shape index (κ1) is 15.8. The topological polar surface area (TPSA) is 75.2 Å². The van der Waals surface area contributed by atoms with Gasteiger partial charge in [-0.3, -0.25) is 10.1 Å². The fourth-order valence-corrected chi connectivity index (χ4v) is 1.99. The molecule has 6 heteroatoms. The van der Waals surface area contributed by atoms with Gasteiger partial charge in [0, 0.05) is 18.6 Å². The molecule has 0 atom stereocenters. The van der Waals surface area contributed by atoms with Crippen LogP contribution in [0.25, 0.3) is 0 Å². The summed E-state index contributed by atoms with van der Waals surface area (Å²) in [4.78, 5) is 23.6. The van der Waals surface area contributed by atoms with Gasteiger partial charge < -0.3 is 9.73 Å². The Bertz CT molecular complexity index is 651. The third kappa shape index (κ3) is 4.44. The Balaban J connectivity index is 1.85. The Kier molecular flexibility index (Phi) is 5.30. The maximum Gasteiger partial charge on any atom is 0.322 e. The number of furan rings is 1. The summed E-state index contributed by atoms with van der Waals surface area (Å²) in [5, 5.41) is 4.87. The second-order valence-electron chi connectivity index (χ2n) is 4.97. The Morgan fingerprint density at radius 2 is 2.09 bits per heavy atom. The molecule has 2 heterocycles. The van der Waals surface area contributed by atoms with Crippen LogP contribution in [0.3, 0.4) is 0 Å². The van der Waals surface area contributed by atoms with Crippen molar-refractivity contribution in [3.05, 3.63) is 53.7 Å². The Morgan fingerprint density at radius 3 is 2.77 bits per heavy atom. The van der Waals surface area contributed by atoms with Gasteiger partial charge in [0.05, 0.1) is 12.8 Å². The van der Waals surface area contributed by atoms with E-state index in [4.69, 9.17) is 4.42 Å². The average Bonchev–Trinajstić information content (AvgIpc) is 3.00. The van der Waals surface area contributed by atoms with E-state index in [-0.39, 0.29) is 19.0 Å². The monoisotopic (exact) mass is 302 g/mol. The third-order valence-electron chi connectivity index (χ3n) is 3.29. The summed E-state index contributed by atoms with van der Waals surface area (Å²) in [7, 11) is 0. The second-order valence-corrected chi connectivity index (χ2v) is 4.97. The van der Waals surface area contributed by atoms with Crippen molar-refractivity contribution in [3.8, 4) is 0 Å². The van der Waals surface area contributed by atoms with Crippen molar-refractivity contribution >= 4 is 11.9 Å². The molecule has 0 unspecified atom stereocenters. The molecule has 0 radical (unpaired) electrons. The predicted molar refractivity (Wildman–Crippen MR) is 79.8 cm³/mol. The normalized spacial score (nSPS) is 10.3. The van der Waals surface area contributed by atoms with Crippen LogP contribution < -0.4 is 15.2 Å². The summed E-state index contributed by atoms with van der Waals surface area (Å²) in [6.07, 6.45) is 4.35.